The fourth-order valence-electron chi connectivity index (χ4n) is 9.02. The zero-order valence-electron chi connectivity index (χ0n) is 31.3. The van der Waals surface area contributed by atoms with Crippen molar-refractivity contribution >= 4 is 59.6 Å². The number of nitrogens with zero attached hydrogens (tertiary/aromatic N) is 2. The molecule has 10 aromatic rings. The van der Waals surface area contributed by atoms with Crippen LogP contribution < -0.4 is 4.90 Å². The molecule has 3 heteroatoms. The van der Waals surface area contributed by atoms with Crippen LogP contribution >= 0.6 is 11.3 Å². The van der Waals surface area contributed by atoms with Crippen molar-refractivity contribution in [2.24, 2.45) is 0 Å². The van der Waals surface area contributed by atoms with Gasteiger partial charge in [-0.05, 0) is 105 Å². The molecule has 56 heavy (non-hydrogen) atoms. The summed E-state index contributed by atoms with van der Waals surface area (Å²) in [4.78, 5) is 3.69. The maximum Gasteiger partial charge on any atom is 0.109 e. The lowest BCUT2D eigenvalue weighted by Crippen LogP contribution is -2.16. The van der Waals surface area contributed by atoms with Crippen molar-refractivity contribution in [3.63, 3.8) is 0 Å². The molecule has 1 aliphatic carbocycles. The van der Waals surface area contributed by atoms with Crippen LogP contribution in [0.2, 0.25) is 0 Å². The number of fused-ring (bicyclic) bond motifs is 8. The first-order valence-electron chi connectivity index (χ1n) is 19.3. The van der Waals surface area contributed by atoms with Gasteiger partial charge in [-0.3, -0.25) is 0 Å². The van der Waals surface area contributed by atoms with Crippen molar-refractivity contribution in [1.29, 1.82) is 0 Å². The Kier molecular flexibility index (Phi) is 7.42. The summed E-state index contributed by atoms with van der Waals surface area (Å²) in [6, 6.07) is 71.2. The average Bonchev–Trinajstić information content (AvgIpc) is 3.86. The number of hydrogen-bond donors (Lipinski definition) is 0. The molecule has 1 aliphatic rings. The van der Waals surface area contributed by atoms with E-state index in [4.69, 9.17) is 0 Å². The summed E-state index contributed by atoms with van der Waals surface area (Å²) in [6.07, 6.45) is 0. The second-order valence-electron chi connectivity index (χ2n) is 15.4. The van der Waals surface area contributed by atoms with Crippen molar-refractivity contribution in [1.82, 2.24) is 4.57 Å². The molecule has 0 amide bonds. The minimum atomic E-state index is -0.0918. The highest BCUT2D eigenvalue weighted by Gasteiger charge is 2.35. The van der Waals surface area contributed by atoms with Crippen LogP contribution in [0.4, 0.5) is 17.1 Å². The first-order valence-corrected chi connectivity index (χ1v) is 20.2. The van der Waals surface area contributed by atoms with E-state index >= 15 is 0 Å². The molecule has 8 aromatic carbocycles. The quantitative estimate of drug-likeness (QED) is 0.165. The van der Waals surface area contributed by atoms with Gasteiger partial charge in [0.1, 0.15) is 4.83 Å². The number of aromatic nitrogens is 1. The molecule has 11 rings (SSSR count). The Morgan fingerprint density at radius 1 is 0.446 bits per heavy atom. The summed E-state index contributed by atoms with van der Waals surface area (Å²) in [6.45, 7) is 4.71. The van der Waals surface area contributed by atoms with Crippen molar-refractivity contribution in [2.75, 3.05) is 4.90 Å². The van der Waals surface area contributed by atoms with Crippen LogP contribution in [-0.2, 0) is 5.41 Å². The number of para-hydroxylation sites is 1. The predicted octanol–water partition coefficient (Wildman–Crippen LogP) is 15.1. The van der Waals surface area contributed by atoms with Crippen LogP contribution in [0.1, 0.15) is 25.0 Å². The molecule has 0 spiro atoms. The summed E-state index contributed by atoms with van der Waals surface area (Å²) >= 11 is 1.87. The van der Waals surface area contributed by atoms with Gasteiger partial charge in [-0.15, -0.1) is 11.3 Å². The topological polar surface area (TPSA) is 8.17 Å². The highest BCUT2D eigenvalue weighted by atomic mass is 32.1. The molecule has 0 N–H and O–H groups in total. The number of anilines is 3. The van der Waals surface area contributed by atoms with Gasteiger partial charge in [0.25, 0.3) is 0 Å². The van der Waals surface area contributed by atoms with E-state index in [0.717, 1.165) is 17.1 Å². The Bertz CT molecular complexity index is 3080. The highest BCUT2D eigenvalue weighted by Crippen LogP contribution is 2.51. The van der Waals surface area contributed by atoms with E-state index in [1.807, 2.05) is 11.3 Å². The number of rotatable bonds is 6. The molecule has 0 fully saturated rings. The van der Waals surface area contributed by atoms with Gasteiger partial charge in [-0.25, -0.2) is 0 Å². The fourth-order valence-corrected chi connectivity index (χ4v) is 10.3. The van der Waals surface area contributed by atoms with Crippen LogP contribution in [-0.4, -0.2) is 4.57 Å². The molecular formula is C53H38N2S. The molecule has 0 bridgehead atoms. The first kappa shape index (κ1) is 32.7. The lowest BCUT2D eigenvalue weighted by Gasteiger charge is -2.28. The van der Waals surface area contributed by atoms with Gasteiger partial charge >= 0.3 is 0 Å². The Labute approximate surface area is 331 Å². The van der Waals surface area contributed by atoms with Crippen molar-refractivity contribution < 1.29 is 0 Å². The molecule has 266 valence electrons. The second kappa shape index (κ2) is 12.7. The molecule has 0 aliphatic heterocycles. The van der Waals surface area contributed by atoms with E-state index in [-0.39, 0.29) is 5.41 Å². The predicted molar refractivity (Wildman–Crippen MR) is 239 cm³/mol. The maximum absolute atomic E-state index is 2.45. The van der Waals surface area contributed by atoms with E-state index in [0.29, 0.717) is 0 Å². The smallest absolute Gasteiger partial charge is 0.109 e. The van der Waals surface area contributed by atoms with Crippen LogP contribution in [0, 0.1) is 0 Å². The summed E-state index contributed by atoms with van der Waals surface area (Å²) in [5.41, 5.74) is 15.9. The van der Waals surface area contributed by atoms with Crippen LogP contribution in [0.15, 0.2) is 194 Å². The zero-order chi connectivity index (χ0) is 37.4. The Morgan fingerprint density at radius 3 is 1.77 bits per heavy atom. The summed E-state index contributed by atoms with van der Waals surface area (Å²) in [5, 5.41) is 3.94. The summed E-state index contributed by atoms with van der Waals surface area (Å²) in [5.74, 6) is 0. The van der Waals surface area contributed by atoms with Crippen LogP contribution in [0.25, 0.3) is 70.3 Å². The Balaban J connectivity index is 1.03. The van der Waals surface area contributed by atoms with Crippen molar-refractivity contribution in [3.8, 4) is 39.1 Å². The molecule has 2 nitrogen and oxygen atoms in total. The van der Waals surface area contributed by atoms with Gasteiger partial charge in [0, 0.05) is 49.0 Å². The summed E-state index contributed by atoms with van der Waals surface area (Å²) in [7, 11) is 0. The Morgan fingerprint density at radius 2 is 1.02 bits per heavy atom. The van der Waals surface area contributed by atoms with Gasteiger partial charge in [0.15, 0.2) is 0 Å². The SMILES string of the molecule is CC1(C)c2ccccc2-c2ccc(N(c3ccc(-c4ccccc4)cc3)c3ccc(-c4ccc5c6c7ccccc7sc6n(-c6ccccc6)c5c4)cc3)cc21. The maximum atomic E-state index is 2.45. The minimum absolute atomic E-state index is 0.0918. The number of hydrogen-bond acceptors (Lipinski definition) is 2. The molecule has 2 aromatic heterocycles. The van der Waals surface area contributed by atoms with E-state index < -0.39 is 0 Å². The molecule has 0 saturated carbocycles. The molecule has 2 heterocycles. The normalized spacial score (nSPS) is 13.0. The van der Waals surface area contributed by atoms with Gasteiger partial charge in [0.05, 0.1) is 5.52 Å². The van der Waals surface area contributed by atoms with Crippen molar-refractivity contribution in [2.45, 2.75) is 19.3 Å². The third-order valence-electron chi connectivity index (χ3n) is 11.8. The average molecular weight is 735 g/mol. The lowest BCUT2D eigenvalue weighted by atomic mass is 9.82. The highest BCUT2D eigenvalue weighted by molar-refractivity contribution is 7.25. The number of benzene rings is 8. The van der Waals surface area contributed by atoms with Crippen LogP contribution in [0.5, 0.6) is 0 Å². The van der Waals surface area contributed by atoms with Crippen LogP contribution in [0.3, 0.4) is 0 Å². The van der Waals surface area contributed by atoms with Gasteiger partial charge in [-0.2, -0.15) is 0 Å². The minimum Gasteiger partial charge on any atom is -0.310 e. The van der Waals surface area contributed by atoms with E-state index in [1.54, 1.807) is 0 Å². The lowest BCUT2D eigenvalue weighted by molar-refractivity contribution is 0.660. The first-order chi connectivity index (χ1) is 27.5. The van der Waals surface area contributed by atoms with Crippen molar-refractivity contribution in [3.05, 3.63) is 205 Å². The van der Waals surface area contributed by atoms with Gasteiger partial charge in [0.2, 0.25) is 0 Å². The standard InChI is InChI=1S/C53H38N2S/c1-53(2)47-19-11-9-17-43(47)44-32-30-42(34-48(44)53)54(40-26-21-36(22-27-40)35-13-5-3-6-14-35)41-28-23-37(24-29-41)38-25-31-45-49(33-38)55(39-15-7-4-8-16-39)52-51(45)46-18-10-12-20-50(46)56-52/h3-34H,1-2H3. The van der Waals surface area contributed by atoms with E-state index in [2.05, 4.69) is 217 Å². The van der Waals surface area contributed by atoms with Gasteiger partial charge < -0.3 is 9.47 Å². The largest absolute Gasteiger partial charge is 0.310 e. The third-order valence-corrected chi connectivity index (χ3v) is 13.0. The van der Waals surface area contributed by atoms with E-state index in [1.165, 1.54) is 81.4 Å². The molecule has 0 saturated heterocycles. The Hall–Kier alpha value is -6.68. The van der Waals surface area contributed by atoms with Gasteiger partial charge in [-0.1, -0.05) is 147 Å². The second-order valence-corrected chi connectivity index (χ2v) is 16.4. The molecular weight excluding hydrogens is 697 g/mol. The fraction of sp³-hybridized carbons (Fsp3) is 0.0566. The summed E-state index contributed by atoms with van der Waals surface area (Å²) < 4.78 is 3.77. The molecule has 0 atom stereocenters. The van der Waals surface area contributed by atoms with E-state index in [9.17, 15) is 0 Å². The monoisotopic (exact) mass is 734 g/mol. The zero-order valence-corrected chi connectivity index (χ0v) is 32.1. The molecule has 0 unspecified atom stereocenters. The number of thiophene rings is 1. The molecule has 0 radical (unpaired) electrons. The third kappa shape index (κ3) is 5.08.